The summed E-state index contributed by atoms with van der Waals surface area (Å²) in [6.45, 7) is 3.12. The van der Waals surface area contributed by atoms with Gasteiger partial charge in [-0.15, -0.1) is 11.3 Å². The Morgan fingerprint density at radius 3 is 2.64 bits per heavy atom. The summed E-state index contributed by atoms with van der Waals surface area (Å²) in [5.41, 5.74) is -1.47. The predicted octanol–water partition coefficient (Wildman–Crippen LogP) is 2.54. The molecular formula is C15H17NO5S. The van der Waals surface area contributed by atoms with Crippen LogP contribution in [-0.4, -0.2) is 36.2 Å². The van der Waals surface area contributed by atoms with Gasteiger partial charge in [0.2, 0.25) is 0 Å². The molecule has 0 spiro atoms. The van der Waals surface area contributed by atoms with Crippen LogP contribution in [0.5, 0.6) is 0 Å². The third-order valence-electron chi connectivity index (χ3n) is 3.11. The first-order valence-corrected chi connectivity index (χ1v) is 7.39. The van der Waals surface area contributed by atoms with Crippen LogP contribution >= 0.6 is 11.3 Å². The Hall–Kier alpha value is -2.12. The Morgan fingerprint density at radius 2 is 2.09 bits per heavy atom. The van der Waals surface area contributed by atoms with E-state index in [4.69, 9.17) is 9.15 Å². The number of rotatable bonds is 6. The highest BCUT2D eigenvalue weighted by Crippen LogP contribution is 2.29. The van der Waals surface area contributed by atoms with Gasteiger partial charge in [0, 0.05) is 7.11 Å². The molecule has 1 atom stereocenters. The molecule has 2 rings (SSSR count). The van der Waals surface area contributed by atoms with Crippen LogP contribution in [0.1, 0.15) is 22.4 Å². The van der Waals surface area contributed by atoms with E-state index in [1.165, 1.54) is 25.4 Å². The van der Waals surface area contributed by atoms with Crippen molar-refractivity contribution in [3.05, 3.63) is 34.9 Å². The molecule has 1 unspecified atom stereocenters. The van der Waals surface area contributed by atoms with Gasteiger partial charge >= 0.3 is 5.97 Å². The van der Waals surface area contributed by atoms with Crippen molar-refractivity contribution in [2.75, 3.05) is 13.7 Å². The number of methoxy groups -OCH3 is 1. The van der Waals surface area contributed by atoms with Gasteiger partial charge in [-0.3, -0.25) is 4.79 Å². The number of carbonyl (C=O) groups excluding carboxylic acids is 1. The van der Waals surface area contributed by atoms with Crippen molar-refractivity contribution in [3.8, 4) is 10.6 Å². The number of nitrogens with one attached hydrogen (secondary N) is 1. The number of carboxylic acids is 1. The van der Waals surface area contributed by atoms with Crippen LogP contribution in [0.2, 0.25) is 0 Å². The number of furan rings is 1. The summed E-state index contributed by atoms with van der Waals surface area (Å²) in [5.74, 6) is -0.144. The van der Waals surface area contributed by atoms with Crippen molar-refractivity contribution in [2.24, 2.45) is 0 Å². The van der Waals surface area contributed by atoms with E-state index in [0.717, 1.165) is 10.6 Å². The lowest BCUT2D eigenvalue weighted by Crippen LogP contribution is -2.55. The highest BCUT2D eigenvalue weighted by molar-refractivity contribution is 7.17. The summed E-state index contributed by atoms with van der Waals surface area (Å²) >= 11 is 1.24. The van der Waals surface area contributed by atoms with Crippen LogP contribution in [0.3, 0.4) is 0 Å². The van der Waals surface area contributed by atoms with Crippen LogP contribution < -0.4 is 5.32 Å². The van der Waals surface area contributed by atoms with Crippen molar-refractivity contribution in [1.29, 1.82) is 0 Å². The maximum absolute atomic E-state index is 12.2. The monoisotopic (exact) mass is 323 g/mol. The topological polar surface area (TPSA) is 88.8 Å². The Morgan fingerprint density at radius 1 is 1.36 bits per heavy atom. The molecule has 0 saturated heterocycles. The highest BCUT2D eigenvalue weighted by atomic mass is 32.1. The van der Waals surface area contributed by atoms with E-state index in [1.807, 2.05) is 19.1 Å². The number of hydrogen-bond donors (Lipinski definition) is 2. The summed E-state index contributed by atoms with van der Waals surface area (Å²) in [6.07, 6.45) is 0. The Kier molecular flexibility index (Phi) is 4.68. The summed E-state index contributed by atoms with van der Waals surface area (Å²) in [6, 6.07) is 7.08. The molecule has 0 fully saturated rings. The Balaban J connectivity index is 2.16. The normalized spacial score (nSPS) is 13.6. The SMILES string of the molecule is COCC(C)(NC(=O)c1ccc(-c2ccc(C)o2)s1)C(=O)O. The molecule has 2 N–H and O–H groups in total. The van der Waals surface area contributed by atoms with Gasteiger partial charge in [-0.25, -0.2) is 4.79 Å². The number of carboxylic acid groups (broad SMARTS) is 1. The van der Waals surface area contributed by atoms with Gasteiger partial charge in [0.1, 0.15) is 11.5 Å². The summed E-state index contributed by atoms with van der Waals surface area (Å²) in [4.78, 5) is 24.8. The molecule has 0 saturated carbocycles. The van der Waals surface area contributed by atoms with Crippen molar-refractivity contribution in [1.82, 2.24) is 5.32 Å². The molecule has 2 aromatic rings. The molecule has 0 aliphatic rings. The first-order chi connectivity index (χ1) is 10.4. The van der Waals surface area contributed by atoms with Gasteiger partial charge in [0.15, 0.2) is 5.54 Å². The molecule has 2 heterocycles. The maximum atomic E-state index is 12.2. The zero-order chi connectivity index (χ0) is 16.3. The molecule has 6 nitrogen and oxygen atoms in total. The van der Waals surface area contributed by atoms with E-state index >= 15 is 0 Å². The molecule has 0 radical (unpaired) electrons. The number of carbonyl (C=O) groups is 2. The van der Waals surface area contributed by atoms with E-state index in [-0.39, 0.29) is 6.61 Å². The van der Waals surface area contributed by atoms with Gasteiger partial charge in [-0.1, -0.05) is 0 Å². The third kappa shape index (κ3) is 3.37. The molecule has 0 aliphatic carbocycles. The second-order valence-electron chi connectivity index (χ2n) is 5.10. The Bertz CT molecular complexity index is 690. The van der Waals surface area contributed by atoms with Crippen LogP contribution in [-0.2, 0) is 9.53 Å². The number of ether oxygens (including phenoxy) is 1. The molecule has 22 heavy (non-hydrogen) atoms. The maximum Gasteiger partial charge on any atom is 0.331 e. The van der Waals surface area contributed by atoms with Gasteiger partial charge in [-0.05, 0) is 38.1 Å². The lowest BCUT2D eigenvalue weighted by atomic mass is 10.0. The van der Waals surface area contributed by atoms with E-state index in [2.05, 4.69) is 5.32 Å². The average Bonchev–Trinajstić information content (AvgIpc) is 3.07. The summed E-state index contributed by atoms with van der Waals surface area (Å²) < 4.78 is 10.4. The second-order valence-corrected chi connectivity index (χ2v) is 6.18. The molecular weight excluding hydrogens is 306 g/mol. The number of aryl methyl sites for hydroxylation is 1. The van der Waals surface area contributed by atoms with E-state index in [9.17, 15) is 14.7 Å². The fraction of sp³-hybridized carbons (Fsp3) is 0.333. The zero-order valence-electron chi connectivity index (χ0n) is 12.5. The number of hydrogen-bond acceptors (Lipinski definition) is 5. The van der Waals surface area contributed by atoms with Gasteiger partial charge in [0.25, 0.3) is 5.91 Å². The predicted molar refractivity (Wildman–Crippen MR) is 82.1 cm³/mol. The minimum absolute atomic E-state index is 0.121. The fourth-order valence-corrected chi connectivity index (χ4v) is 2.77. The van der Waals surface area contributed by atoms with Crippen LogP contribution in [0.4, 0.5) is 0 Å². The second kappa shape index (κ2) is 6.33. The van der Waals surface area contributed by atoms with Crippen molar-refractivity contribution in [3.63, 3.8) is 0 Å². The molecule has 0 aliphatic heterocycles. The van der Waals surface area contributed by atoms with Crippen molar-refractivity contribution >= 4 is 23.2 Å². The van der Waals surface area contributed by atoms with Gasteiger partial charge < -0.3 is 19.6 Å². The molecule has 0 aromatic carbocycles. The average molecular weight is 323 g/mol. The van der Waals surface area contributed by atoms with Gasteiger partial charge in [0.05, 0.1) is 16.4 Å². The lowest BCUT2D eigenvalue weighted by Gasteiger charge is -2.24. The minimum Gasteiger partial charge on any atom is -0.479 e. The molecule has 1 amide bonds. The number of thiophene rings is 1. The van der Waals surface area contributed by atoms with E-state index < -0.39 is 17.4 Å². The third-order valence-corrected chi connectivity index (χ3v) is 4.21. The standard InChI is InChI=1S/C15H17NO5S/c1-9-4-5-10(21-9)11-6-7-12(22-11)13(17)16-15(2,8-20-3)14(18)19/h4-7H,8H2,1-3H3,(H,16,17)(H,18,19). The van der Waals surface area contributed by atoms with Crippen molar-refractivity contribution < 1.29 is 23.8 Å². The fourth-order valence-electron chi connectivity index (χ4n) is 1.91. The zero-order valence-corrected chi connectivity index (χ0v) is 13.3. The first-order valence-electron chi connectivity index (χ1n) is 6.57. The molecule has 118 valence electrons. The molecule has 2 aromatic heterocycles. The summed E-state index contributed by atoms with van der Waals surface area (Å²) in [5, 5.41) is 11.7. The Labute approximate surface area is 131 Å². The minimum atomic E-state index is -1.47. The summed E-state index contributed by atoms with van der Waals surface area (Å²) in [7, 11) is 1.38. The number of aliphatic carboxylic acids is 1. The van der Waals surface area contributed by atoms with Crippen LogP contribution in [0.25, 0.3) is 10.6 Å². The lowest BCUT2D eigenvalue weighted by molar-refractivity contribution is -0.145. The van der Waals surface area contributed by atoms with Crippen molar-refractivity contribution in [2.45, 2.75) is 19.4 Å². The van der Waals surface area contributed by atoms with E-state index in [0.29, 0.717) is 10.6 Å². The largest absolute Gasteiger partial charge is 0.479 e. The smallest absolute Gasteiger partial charge is 0.331 e. The van der Waals surface area contributed by atoms with E-state index in [1.54, 1.807) is 12.1 Å². The van der Waals surface area contributed by atoms with Crippen LogP contribution in [0.15, 0.2) is 28.7 Å². The molecule has 7 heteroatoms. The number of amides is 1. The highest BCUT2D eigenvalue weighted by Gasteiger charge is 2.35. The van der Waals surface area contributed by atoms with Gasteiger partial charge in [-0.2, -0.15) is 0 Å². The van der Waals surface area contributed by atoms with Crippen LogP contribution in [0, 0.1) is 6.92 Å². The quantitative estimate of drug-likeness (QED) is 0.853. The molecule has 0 bridgehead atoms. The first kappa shape index (κ1) is 16.3.